The van der Waals surface area contributed by atoms with Crippen LogP contribution in [0, 0.1) is 5.92 Å². The lowest BCUT2D eigenvalue weighted by Crippen LogP contribution is -2.22. The Kier molecular flexibility index (Phi) is 3.64. The van der Waals surface area contributed by atoms with Crippen molar-refractivity contribution in [1.82, 2.24) is 4.57 Å². The van der Waals surface area contributed by atoms with Crippen molar-refractivity contribution in [1.29, 1.82) is 0 Å². The number of carbonyl (C=O) groups excluding carboxylic acids is 2. The molecule has 108 valence electrons. The minimum absolute atomic E-state index is 0.147. The fourth-order valence-corrected chi connectivity index (χ4v) is 3.49. The molecule has 0 fully saturated rings. The Morgan fingerprint density at radius 1 is 1.45 bits per heavy atom. The van der Waals surface area contributed by atoms with Crippen LogP contribution in [0.2, 0.25) is 0 Å². The number of Topliss-reactive ketones (excluding diaryl/α,β-unsaturated/α-hetero) is 1. The van der Waals surface area contributed by atoms with Crippen LogP contribution in [-0.4, -0.2) is 22.9 Å². The Balaban J connectivity index is 1.69. The average molecular weight is 275 g/mol. The van der Waals surface area contributed by atoms with E-state index < -0.39 is 0 Å². The molecule has 2 heterocycles. The summed E-state index contributed by atoms with van der Waals surface area (Å²) in [7, 11) is 0. The van der Waals surface area contributed by atoms with Gasteiger partial charge in [0.2, 0.25) is 0 Å². The van der Waals surface area contributed by atoms with E-state index in [0.29, 0.717) is 25.4 Å². The molecule has 2 aliphatic rings. The summed E-state index contributed by atoms with van der Waals surface area (Å²) in [5, 5.41) is 0. The quantitative estimate of drug-likeness (QED) is 0.793. The van der Waals surface area contributed by atoms with Crippen molar-refractivity contribution in [3.05, 3.63) is 23.0 Å². The Hall–Kier alpha value is -1.58. The number of aromatic nitrogens is 1. The number of esters is 1. The third-order valence-electron chi connectivity index (χ3n) is 4.43. The summed E-state index contributed by atoms with van der Waals surface area (Å²) in [5.74, 6) is 0.396. The number of ether oxygens (including phenoxy) is 1. The van der Waals surface area contributed by atoms with Crippen molar-refractivity contribution >= 4 is 11.8 Å². The maximum Gasteiger partial charge on any atom is 0.305 e. The Bertz CT molecular complexity index is 544. The second-order valence-corrected chi connectivity index (χ2v) is 5.79. The van der Waals surface area contributed by atoms with E-state index in [0.717, 1.165) is 31.4 Å². The van der Waals surface area contributed by atoms with E-state index in [2.05, 4.69) is 10.6 Å². The molecule has 3 rings (SSSR count). The molecular formula is C16H21NO3. The molecule has 4 heteroatoms. The largest absolute Gasteiger partial charge is 0.466 e. The summed E-state index contributed by atoms with van der Waals surface area (Å²) in [4.78, 5) is 23.7. The van der Waals surface area contributed by atoms with Crippen LogP contribution in [0.3, 0.4) is 0 Å². The number of hydrogen-bond donors (Lipinski definition) is 0. The van der Waals surface area contributed by atoms with Crippen LogP contribution >= 0.6 is 0 Å². The monoisotopic (exact) mass is 275 g/mol. The lowest BCUT2D eigenvalue weighted by atomic mass is 9.84. The topological polar surface area (TPSA) is 48.3 Å². The first-order chi connectivity index (χ1) is 9.69. The highest BCUT2D eigenvalue weighted by molar-refractivity contribution is 5.98. The fraction of sp³-hybridized carbons (Fsp3) is 0.625. The second-order valence-electron chi connectivity index (χ2n) is 5.79. The van der Waals surface area contributed by atoms with Crippen LogP contribution in [-0.2, 0) is 28.9 Å². The zero-order valence-corrected chi connectivity index (χ0v) is 12.0. The second kappa shape index (κ2) is 5.43. The molecule has 0 saturated heterocycles. The molecule has 1 aliphatic carbocycles. The first-order valence-electron chi connectivity index (χ1n) is 7.59. The van der Waals surface area contributed by atoms with Gasteiger partial charge in [0.25, 0.3) is 0 Å². The summed E-state index contributed by atoms with van der Waals surface area (Å²) >= 11 is 0. The van der Waals surface area contributed by atoms with Crippen LogP contribution in [0.4, 0.5) is 0 Å². The van der Waals surface area contributed by atoms with Crippen molar-refractivity contribution in [2.45, 2.75) is 52.0 Å². The third kappa shape index (κ3) is 2.39. The molecule has 0 aromatic carbocycles. The highest BCUT2D eigenvalue weighted by atomic mass is 16.5. The van der Waals surface area contributed by atoms with Gasteiger partial charge in [0.1, 0.15) is 0 Å². The normalized spacial score (nSPS) is 20.6. The Labute approximate surface area is 119 Å². The van der Waals surface area contributed by atoms with Crippen molar-refractivity contribution in [3.8, 4) is 0 Å². The van der Waals surface area contributed by atoms with E-state index in [1.54, 1.807) is 0 Å². The van der Waals surface area contributed by atoms with E-state index in [9.17, 15) is 9.59 Å². The molecule has 1 unspecified atom stereocenters. The maximum absolute atomic E-state index is 12.2. The number of nitrogens with zero attached hydrogens (tertiary/aromatic N) is 1. The van der Waals surface area contributed by atoms with Crippen LogP contribution in [0.15, 0.2) is 6.07 Å². The van der Waals surface area contributed by atoms with E-state index in [1.807, 2.05) is 6.92 Å². The number of rotatable bonds is 4. The van der Waals surface area contributed by atoms with Crippen LogP contribution in [0.5, 0.6) is 0 Å². The molecule has 0 radical (unpaired) electrons. The number of fused-ring (bicyclic) bond motifs is 3. The maximum atomic E-state index is 12.2. The first-order valence-corrected chi connectivity index (χ1v) is 7.59. The molecule has 0 bridgehead atoms. The minimum Gasteiger partial charge on any atom is -0.466 e. The summed E-state index contributed by atoms with van der Waals surface area (Å²) in [6.07, 6.45) is 4.97. The van der Waals surface area contributed by atoms with Gasteiger partial charge < -0.3 is 9.30 Å². The van der Waals surface area contributed by atoms with Gasteiger partial charge >= 0.3 is 5.97 Å². The van der Waals surface area contributed by atoms with E-state index in [4.69, 9.17) is 4.74 Å². The lowest BCUT2D eigenvalue weighted by molar-refractivity contribution is -0.143. The Morgan fingerprint density at radius 2 is 2.30 bits per heavy atom. The van der Waals surface area contributed by atoms with Gasteiger partial charge in [-0.3, -0.25) is 9.59 Å². The van der Waals surface area contributed by atoms with Crippen LogP contribution < -0.4 is 0 Å². The van der Waals surface area contributed by atoms with Gasteiger partial charge in [0.05, 0.1) is 6.61 Å². The molecule has 4 nitrogen and oxygen atoms in total. The average Bonchev–Trinajstić information content (AvgIpc) is 2.98. The molecule has 0 amide bonds. The number of ketones is 1. The summed E-state index contributed by atoms with van der Waals surface area (Å²) in [6, 6.07) is 2.09. The SMILES string of the molecule is CCOC(=O)CCC1CC(=O)c2cc3n(c2C1)CCC3. The van der Waals surface area contributed by atoms with Crippen LogP contribution in [0.1, 0.15) is 54.4 Å². The molecule has 1 atom stereocenters. The summed E-state index contributed by atoms with van der Waals surface area (Å²) < 4.78 is 7.28. The number of carbonyl (C=O) groups is 2. The van der Waals surface area contributed by atoms with E-state index >= 15 is 0 Å². The van der Waals surface area contributed by atoms with Gasteiger partial charge in [0, 0.05) is 36.3 Å². The van der Waals surface area contributed by atoms with E-state index in [1.165, 1.54) is 17.8 Å². The van der Waals surface area contributed by atoms with Crippen molar-refractivity contribution in [3.63, 3.8) is 0 Å². The third-order valence-corrected chi connectivity index (χ3v) is 4.43. The standard InChI is InChI=1S/C16H21NO3/c1-2-20-16(19)6-5-11-8-14-13(15(18)9-11)10-12-4-3-7-17(12)14/h10-11H,2-9H2,1H3. The highest BCUT2D eigenvalue weighted by Gasteiger charge is 2.31. The highest BCUT2D eigenvalue weighted by Crippen LogP contribution is 2.33. The fourth-order valence-electron chi connectivity index (χ4n) is 3.49. The van der Waals surface area contributed by atoms with Gasteiger partial charge in [-0.2, -0.15) is 0 Å². The van der Waals surface area contributed by atoms with Gasteiger partial charge in [-0.15, -0.1) is 0 Å². The molecule has 0 spiro atoms. The lowest BCUT2D eigenvalue weighted by Gasteiger charge is -2.22. The predicted molar refractivity (Wildman–Crippen MR) is 74.8 cm³/mol. The van der Waals surface area contributed by atoms with Crippen molar-refractivity contribution < 1.29 is 14.3 Å². The molecule has 1 aromatic heterocycles. The van der Waals surface area contributed by atoms with Gasteiger partial charge in [-0.25, -0.2) is 0 Å². The van der Waals surface area contributed by atoms with Gasteiger partial charge in [0.15, 0.2) is 5.78 Å². The summed E-state index contributed by atoms with van der Waals surface area (Å²) in [5.41, 5.74) is 3.46. The van der Waals surface area contributed by atoms with E-state index in [-0.39, 0.29) is 11.8 Å². The van der Waals surface area contributed by atoms with Gasteiger partial charge in [-0.1, -0.05) is 0 Å². The molecule has 0 saturated carbocycles. The minimum atomic E-state index is -0.147. The zero-order chi connectivity index (χ0) is 14.1. The predicted octanol–water partition coefficient (Wildman–Crippen LogP) is 2.52. The number of aryl methyl sites for hydroxylation is 1. The summed E-state index contributed by atoms with van der Waals surface area (Å²) in [6.45, 7) is 3.29. The Morgan fingerprint density at radius 3 is 3.10 bits per heavy atom. The number of hydrogen-bond acceptors (Lipinski definition) is 3. The van der Waals surface area contributed by atoms with Crippen molar-refractivity contribution in [2.75, 3.05) is 6.61 Å². The van der Waals surface area contributed by atoms with Crippen molar-refractivity contribution in [2.24, 2.45) is 5.92 Å². The molecular weight excluding hydrogens is 254 g/mol. The van der Waals surface area contributed by atoms with Gasteiger partial charge in [-0.05, 0) is 44.6 Å². The zero-order valence-electron chi connectivity index (χ0n) is 12.0. The molecule has 1 aliphatic heterocycles. The molecule has 0 N–H and O–H groups in total. The molecule has 1 aromatic rings. The molecule has 20 heavy (non-hydrogen) atoms. The van der Waals surface area contributed by atoms with Crippen LogP contribution in [0.25, 0.3) is 0 Å². The first kappa shape index (κ1) is 13.4. The smallest absolute Gasteiger partial charge is 0.305 e.